The van der Waals surface area contributed by atoms with Crippen LogP contribution in [-0.2, 0) is 6.42 Å². The molecule has 0 aliphatic rings. The maximum atomic E-state index is 3.50. The van der Waals surface area contributed by atoms with Crippen LogP contribution >= 0.6 is 0 Å². The Labute approximate surface area is 87.5 Å². The second-order valence-corrected chi connectivity index (χ2v) is 4.00. The average Bonchev–Trinajstić information content (AvgIpc) is 2.21. The number of aryl methyl sites for hydroxylation is 1. The molecule has 1 nitrogen and oxygen atoms in total. The Morgan fingerprint density at radius 2 is 1.86 bits per heavy atom. The Morgan fingerprint density at radius 3 is 2.43 bits per heavy atom. The van der Waals surface area contributed by atoms with E-state index in [4.69, 9.17) is 0 Å². The molecule has 0 saturated carbocycles. The smallest absolute Gasteiger partial charge is 0.00362 e. The predicted octanol–water partition coefficient (Wildman–Crippen LogP) is 2.93. The molecular formula is C13H21N. The van der Waals surface area contributed by atoms with Crippen molar-refractivity contribution in [1.29, 1.82) is 0 Å². The molecule has 0 fully saturated rings. The minimum atomic E-state index is 0.639. The van der Waals surface area contributed by atoms with E-state index in [9.17, 15) is 0 Å². The minimum Gasteiger partial charge on any atom is -0.314 e. The van der Waals surface area contributed by atoms with Gasteiger partial charge in [-0.2, -0.15) is 0 Å². The summed E-state index contributed by atoms with van der Waals surface area (Å²) in [5.74, 6) is 0. The van der Waals surface area contributed by atoms with Gasteiger partial charge in [0.2, 0.25) is 0 Å². The van der Waals surface area contributed by atoms with Gasteiger partial charge in [0.15, 0.2) is 0 Å². The molecule has 1 unspecified atom stereocenters. The van der Waals surface area contributed by atoms with Crippen molar-refractivity contribution in [3.63, 3.8) is 0 Å². The van der Waals surface area contributed by atoms with E-state index in [-0.39, 0.29) is 0 Å². The van der Waals surface area contributed by atoms with Crippen LogP contribution in [0.15, 0.2) is 24.3 Å². The highest BCUT2D eigenvalue weighted by Gasteiger charge is 1.97. The highest BCUT2D eigenvalue weighted by atomic mass is 14.9. The van der Waals surface area contributed by atoms with Crippen LogP contribution in [0.1, 0.15) is 31.4 Å². The van der Waals surface area contributed by atoms with Gasteiger partial charge in [-0.05, 0) is 38.8 Å². The maximum absolute atomic E-state index is 3.50. The molecule has 1 N–H and O–H groups in total. The summed E-state index contributed by atoms with van der Waals surface area (Å²) in [5, 5.41) is 3.50. The predicted molar refractivity (Wildman–Crippen MR) is 62.6 cm³/mol. The molecule has 0 aliphatic heterocycles. The molecule has 78 valence electrons. The van der Waals surface area contributed by atoms with Crippen LogP contribution < -0.4 is 5.32 Å². The summed E-state index contributed by atoms with van der Waals surface area (Å²) in [6, 6.07) is 9.43. The van der Waals surface area contributed by atoms with Gasteiger partial charge in [-0.1, -0.05) is 36.8 Å². The van der Waals surface area contributed by atoms with Crippen LogP contribution in [0.25, 0.3) is 0 Å². The Bertz CT molecular complexity index is 250. The highest BCUT2D eigenvalue weighted by molar-refractivity contribution is 5.21. The third-order valence-corrected chi connectivity index (χ3v) is 2.64. The van der Waals surface area contributed by atoms with Gasteiger partial charge < -0.3 is 5.32 Å². The molecule has 0 saturated heterocycles. The van der Waals surface area contributed by atoms with Crippen LogP contribution in [0.2, 0.25) is 0 Å². The summed E-state index contributed by atoms with van der Waals surface area (Å²) in [6.07, 6.45) is 2.33. The molecule has 0 radical (unpaired) electrons. The van der Waals surface area contributed by atoms with Gasteiger partial charge in [0.05, 0.1) is 0 Å². The normalized spacial score (nSPS) is 12.8. The molecule has 0 bridgehead atoms. The zero-order valence-electron chi connectivity index (χ0n) is 9.51. The molecule has 1 heteroatoms. The van der Waals surface area contributed by atoms with Crippen LogP contribution in [-0.4, -0.2) is 12.6 Å². The number of nitrogens with one attached hydrogen (secondary N) is 1. The zero-order chi connectivity index (χ0) is 10.4. The summed E-state index contributed by atoms with van der Waals surface area (Å²) in [5.41, 5.74) is 2.76. The van der Waals surface area contributed by atoms with E-state index in [1.807, 2.05) is 0 Å². The first-order valence-corrected chi connectivity index (χ1v) is 5.51. The van der Waals surface area contributed by atoms with Crippen molar-refractivity contribution in [3.8, 4) is 0 Å². The fraction of sp³-hybridized carbons (Fsp3) is 0.538. The van der Waals surface area contributed by atoms with Crippen molar-refractivity contribution < 1.29 is 0 Å². The van der Waals surface area contributed by atoms with Crippen molar-refractivity contribution in [3.05, 3.63) is 35.4 Å². The van der Waals surface area contributed by atoms with Crippen LogP contribution in [0, 0.1) is 6.92 Å². The van der Waals surface area contributed by atoms with E-state index in [1.54, 1.807) is 0 Å². The van der Waals surface area contributed by atoms with E-state index < -0.39 is 0 Å². The van der Waals surface area contributed by atoms with Crippen molar-refractivity contribution in [1.82, 2.24) is 5.32 Å². The first-order valence-electron chi connectivity index (χ1n) is 5.51. The van der Waals surface area contributed by atoms with Gasteiger partial charge in [0, 0.05) is 6.04 Å². The van der Waals surface area contributed by atoms with Gasteiger partial charge in [-0.25, -0.2) is 0 Å². The van der Waals surface area contributed by atoms with E-state index in [2.05, 4.69) is 50.4 Å². The average molecular weight is 191 g/mol. The third kappa shape index (κ3) is 3.93. The SMILES string of the molecule is CCC(C)NCCc1ccc(C)cc1. The summed E-state index contributed by atoms with van der Waals surface area (Å²) in [7, 11) is 0. The van der Waals surface area contributed by atoms with Crippen molar-refractivity contribution >= 4 is 0 Å². The standard InChI is InChI=1S/C13H21N/c1-4-12(3)14-10-9-13-7-5-11(2)6-8-13/h5-8,12,14H,4,9-10H2,1-3H3. The molecule has 1 atom stereocenters. The van der Waals surface area contributed by atoms with Gasteiger partial charge in [-0.15, -0.1) is 0 Å². The van der Waals surface area contributed by atoms with Crippen LogP contribution in [0.5, 0.6) is 0 Å². The Hall–Kier alpha value is -0.820. The topological polar surface area (TPSA) is 12.0 Å². The highest BCUT2D eigenvalue weighted by Crippen LogP contribution is 2.03. The monoisotopic (exact) mass is 191 g/mol. The lowest BCUT2D eigenvalue weighted by Gasteiger charge is -2.10. The molecule has 0 amide bonds. The number of benzene rings is 1. The quantitative estimate of drug-likeness (QED) is 0.754. The first kappa shape index (κ1) is 11.3. The molecule has 1 aromatic carbocycles. The van der Waals surface area contributed by atoms with Crippen molar-refractivity contribution in [2.45, 2.75) is 39.7 Å². The number of hydrogen-bond donors (Lipinski definition) is 1. The summed E-state index contributed by atoms with van der Waals surface area (Å²) in [4.78, 5) is 0. The van der Waals surface area contributed by atoms with E-state index in [0.717, 1.165) is 13.0 Å². The molecular weight excluding hydrogens is 170 g/mol. The molecule has 0 heterocycles. The molecule has 0 spiro atoms. The lowest BCUT2D eigenvalue weighted by molar-refractivity contribution is 0.537. The molecule has 0 aliphatic carbocycles. The van der Waals surface area contributed by atoms with Crippen LogP contribution in [0.3, 0.4) is 0 Å². The maximum Gasteiger partial charge on any atom is 0.00362 e. The number of hydrogen-bond acceptors (Lipinski definition) is 1. The van der Waals surface area contributed by atoms with E-state index >= 15 is 0 Å². The van der Waals surface area contributed by atoms with Gasteiger partial charge >= 0.3 is 0 Å². The minimum absolute atomic E-state index is 0.639. The number of rotatable bonds is 5. The second kappa shape index (κ2) is 5.82. The third-order valence-electron chi connectivity index (χ3n) is 2.64. The first-order chi connectivity index (χ1) is 6.72. The van der Waals surface area contributed by atoms with Crippen LogP contribution in [0.4, 0.5) is 0 Å². The van der Waals surface area contributed by atoms with Crippen molar-refractivity contribution in [2.75, 3.05) is 6.54 Å². The van der Waals surface area contributed by atoms with Gasteiger partial charge in [-0.3, -0.25) is 0 Å². The molecule has 1 aromatic rings. The van der Waals surface area contributed by atoms with E-state index in [0.29, 0.717) is 6.04 Å². The lowest BCUT2D eigenvalue weighted by atomic mass is 10.1. The summed E-state index contributed by atoms with van der Waals surface area (Å²) >= 11 is 0. The summed E-state index contributed by atoms with van der Waals surface area (Å²) in [6.45, 7) is 7.65. The zero-order valence-corrected chi connectivity index (χ0v) is 9.51. The molecule has 0 aromatic heterocycles. The fourth-order valence-electron chi connectivity index (χ4n) is 1.36. The molecule has 14 heavy (non-hydrogen) atoms. The fourth-order valence-corrected chi connectivity index (χ4v) is 1.36. The van der Waals surface area contributed by atoms with Gasteiger partial charge in [0.1, 0.15) is 0 Å². The summed E-state index contributed by atoms with van der Waals surface area (Å²) < 4.78 is 0. The molecule has 1 rings (SSSR count). The lowest BCUT2D eigenvalue weighted by Crippen LogP contribution is -2.27. The Balaban J connectivity index is 2.28. The van der Waals surface area contributed by atoms with Gasteiger partial charge in [0.25, 0.3) is 0 Å². The Kier molecular flexibility index (Phi) is 4.68. The Morgan fingerprint density at radius 1 is 1.21 bits per heavy atom. The largest absolute Gasteiger partial charge is 0.314 e. The van der Waals surface area contributed by atoms with E-state index in [1.165, 1.54) is 17.5 Å². The van der Waals surface area contributed by atoms with Crippen molar-refractivity contribution in [2.24, 2.45) is 0 Å². The second-order valence-electron chi connectivity index (χ2n) is 4.00.